The quantitative estimate of drug-likeness (QED) is 0.875. The Labute approximate surface area is 116 Å². The van der Waals surface area contributed by atoms with E-state index in [-0.39, 0.29) is 12.3 Å². The lowest BCUT2D eigenvalue weighted by Crippen LogP contribution is -2.11. The van der Waals surface area contributed by atoms with Crippen LogP contribution >= 0.6 is 11.6 Å². The first-order valence-corrected chi connectivity index (χ1v) is 6.18. The zero-order chi connectivity index (χ0) is 13.8. The molecule has 0 saturated heterocycles. The van der Waals surface area contributed by atoms with Gasteiger partial charge in [-0.05, 0) is 30.7 Å². The van der Waals surface area contributed by atoms with Crippen molar-refractivity contribution in [1.29, 1.82) is 0 Å². The summed E-state index contributed by atoms with van der Waals surface area (Å²) < 4.78 is 4.92. The van der Waals surface area contributed by atoms with E-state index in [1.807, 2.05) is 12.1 Å². The number of carbonyl (C=O) groups excluding carboxylic acids is 1. The molecule has 0 aliphatic heterocycles. The van der Waals surface area contributed by atoms with Crippen LogP contribution in [0.4, 0.5) is 5.69 Å². The van der Waals surface area contributed by atoms with E-state index in [2.05, 4.69) is 4.98 Å². The van der Waals surface area contributed by atoms with E-state index in [0.717, 1.165) is 11.1 Å². The number of pyridine rings is 1. The molecule has 0 radical (unpaired) electrons. The first-order valence-electron chi connectivity index (χ1n) is 5.81. The molecule has 0 aliphatic carbocycles. The van der Waals surface area contributed by atoms with Gasteiger partial charge >= 0.3 is 5.97 Å². The number of carbonyl (C=O) groups is 1. The van der Waals surface area contributed by atoms with E-state index in [4.69, 9.17) is 22.1 Å². The molecule has 1 aromatic heterocycles. The fourth-order valence-corrected chi connectivity index (χ4v) is 1.84. The molecule has 0 amide bonds. The number of nitrogen functional groups attached to an aromatic ring is 1. The molecular weight excluding hydrogens is 264 g/mol. The molecule has 5 heteroatoms. The number of nitrogens with two attached hydrogens (primary N) is 1. The van der Waals surface area contributed by atoms with Crippen LogP contribution in [0, 0.1) is 0 Å². The molecule has 19 heavy (non-hydrogen) atoms. The number of nitrogens with zero attached hydrogens (tertiary/aromatic N) is 1. The lowest BCUT2D eigenvalue weighted by molar-refractivity contribution is 0.0521. The summed E-state index contributed by atoms with van der Waals surface area (Å²) in [6.45, 7) is 2.02. The Morgan fingerprint density at radius 2 is 2.00 bits per heavy atom. The van der Waals surface area contributed by atoms with Crippen molar-refractivity contribution in [1.82, 2.24) is 4.98 Å². The monoisotopic (exact) mass is 276 g/mol. The van der Waals surface area contributed by atoms with Crippen LogP contribution < -0.4 is 5.73 Å². The van der Waals surface area contributed by atoms with Crippen molar-refractivity contribution in [2.75, 3.05) is 12.3 Å². The normalized spacial score (nSPS) is 10.2. The minimum absolute atomic E-state index is 0.134. The summed E-state index contributed by atoms with van der Waals surface area (Å²) in [6.07, 6.45) is 1.53. The van der Waals surface area contributed by atoms with Crippen molar-refractivity contribution in [3.63, 3.8) is 0 Å². The topological polar surface area (TPSA) is 65.2 Å². The average Bonchev–Trinajstić information content (AvgIpc) is 2.40. The van der Waals surface area contributed by atoms with Gasteiger partial charge in [-0.2, -0.15) is 0 Å². The number of hydrogen-bond acceptors (Lipinski definition) is 4. The second kappa shape index (κ2) is 5.71. The lowest BCUT2D eigenvalue weighted by atomic mass is 10.0. The van der Waals surface area contributed by atoms with Gasteiger partial charge in [0.15, 0.2) is 5.69 Å². The summed E-state index contributed by atoms with van der Waals surface area (Å²) in [5.74, 6) is -0.518. The molecule has 0 spiro atoms. The van der Waals surface area contributed by atoms with Crippen molar-refractivity contribution < 1.29 is 9.53 Å². The molecular formula is C14H13ClN2O2. The van der Waals surface area contributed by atoms with Crippen LogP contribution in [-0.2, 0) is 4.74 Å². The summed E-state index contributed by atoms with van der Waals surface area (Å²) in [6, 6.07) is 8.95. The highest BCUT2D eigenvalue weighted by atomic mass is 35.5. The molecule has 2 aromatic rings. The van der Waals surface area contributed by atoms with E-state index in [1.165, 1.54) is 6.20 Å². The molecule has 2 rings (SSSR count). The summed E-state index contributed by atoms with van der Waals surface area (Å²) in [5.41, 5.74) is 8.03. The standard InChI is InChI=1S/C14H13ClN2O2/c1-2-19-14(18)13-12(16)11(7-8-17-13)9-3-5-10(15)6-4-9/h3-8H,2,16H2,1H3. The second-order valence-electron chi connectivity index (χ2n) is 3.85. The number of esters is 1. The van der Waals surface area contributed by atoms with Gasteiger partial charge in [0, 0.05) is 16.8 Å². The van der Waals surface area contributed by atoms with E-state index in [9.17, 15) is 4.79 Å². The maximum absolute atomic E-state index is 11.7. The minimum Gasteiger partial charge on any atom is -0.461 e. The number of anilines is 1. The Hall–Kier alpha value is -2.07. The Bertz CT molecular complexity index is 597. The van der Waals surface area contributed by atoms with Gasteiger partial charge in [-0.1, -0.05) is 23.7 Å². The molecule has 0 aliphatic rings. The number of halogens is 1. The van der Waals surface area contributed by atoms with Crippen molar-refractivity contribution in [2.45, 2.75) is 6.92 Å². The maximum Gasteiger partial charge on any atom is 0.359 e. The Morgan fingerprint density at radius 3 is 2.63 bits per heavy atom. The van der Waals surface area contributed by atoms with E-state index >= 15 is 0 Å². The van der Waals surface area contributed by atoms with E-state index in [0.29, 0.717) is 10.7 Å². The molecule has 0 saturated carbocycles. The third kappa shape index (κ3) is 2.85. The number of benzene rings is 1. The van der Waals surface area contributed by atoms with Gasteiger partial charge in [-0.3, -0.25) is 0 Å². The number of aromatic nitrogens is 1. The SMILES string of the molecule is CCOC(=O)c1nccc(-c2ccc(Cl)cc2)c1N. The number of rotatable bonds is 3. The van der Waals surface area contributed by atoms with Gasteiger partial charge in [0.1, 0.15) is 0 Å². The van der Waals surface area contributed by atoms with Crippen LogP contribution in [0.5, 0.6) is 0 Å². The summed E-state index contributed by atoms with van der Waals surface area (Å²) >= 11 is 5.84. The summed E-state index contributed by atoms with van der Waals surface area (Å²) in [5, 5.41) is 0.641. The molecule has 4 nitrogen and oxygen atoms in total. The zero-order valence-corrected chi connectivity index (χ0v) is 11.1. The van der Waals surface area contributed by atoms with Crippen molar-refractivity contribution in [3.8, 4) is 11.1 Å². The molecule has 1 heterocycles. The van der Waals surface area contributed by atoms with Crippen molar-refractivity contribution in [2.24, 2.45) is 0 Å². The highest BCUT2D eigenvalue weighted by Crippen LogP contribution is 2.28. The van der Waals surface area contributed by atoms with Gasteiger partial charge in [-0.15, -0.1) is 0 Å². The summed E-state index contributed by atoms with van der Waals surface area (Å²) in [7, 11) is 0. The molecule has 98 valence electrons. The summed E-state index contributed by atoms with van der Waals surface area (Å²) in [4.78, 5) is 15.7. The Balaban J connectivity index is 2.45. The van der Waals surface area contributed by atoms with Gasteiger partial charge in [-0.25, -0.2) is 9.78 Å². The van der Waals surface area contributed by atoms with Crippen molar-refractivity contribution in [3.05, 3.63) is 47.2 Å². The lowest BCUT2D eigenvalue weighted by Gasteiger charge is -2.09. The molecule has 0 atom stereocenters. The fourth-order valence-electron chi connectivity index (χ4n) is 1.72. The first kappa shape index (κ1) is 13.4. The Morgan fingerprint density at radius 1 is 1.32 bits per heavy atom. The van der Waals surface area contributed by atoms with Gasteiger partial charge in [0.05, 0.1) is 12.3 Å². The van der Waals surface area contributed by atoms with Crippen LogP contribution in [-0.4, -0.2) is 17.6 Å². The molecule has 0 bridgehead atoms. The van der Waals surface area contributed by atoms with E-state index < -0.39 is 5.97 Å². The zero-order valence-electron chi connectivity index (χ0n) is 10.4. The van der Waals surface area contributed by atoms with Crippen LogP contribution in [0.2, 0.25) is 5.02 Å². The van der Waals surface area contributed by atoms with Crippen LogP contribution in [0.25, 0.3) is 11.1 Å². The largest absolute Gasteiger partial charge is 0.461 e. The molecule has 2 N–H and O–H groups in total. The van der Waals surface area contributed by atoms with Crippen LogP contribution in [0.3, 0.4) is 0 Å². The predicted octanol–water partition coefficient (Wildman–Crippen LogP) is 3.16. The number of hydrogen-bond donors (Lipinski definition) is 1. The predicted molar refractivity (Wildman–Crippen MR) is 75.1 cm³/mol. The molecule has 0 unspecified atom stereocenters. The molecule has 1 aromatic carbocycles. The highest BCUT2D eigenvalue weighted by Gasteiger charge is 2.16. The third-order valence-electron chi connectivity index (χ3n) is 2.61. The van der Waals surface area contributed by atoms with Gasteiger partial charge in [0.25, 0.3) is 0 Å². The van der Waals surface area contributed by atoms with Crippen LogP contribution in [0.1, 0.15) is 17.4 Å². The average molecular weight is 277 g/mol. The Kier molecular flexibility index (Phi) is 4.02. The maximum atomic E-state index is 11.7. The van der Waals surface area contributed by atoms with Crippen LogP contribution in [0.15, 0.2) is 36.5 Å². The number of ether oxygens (including phenoxy) is 1. The van der Waals surface area contributed by atoms with Crippen molar-refractivity contribution >= 4 is 23.3 Å². The van der Waals surface area contributed by atoms with E-state index in [1.54, 1.807) is 25.1 Å². The highest BCUT2D eigenvalue weighted by molar-refractivity contribution is 6.30. The van der Waals surface area contributed by atoms with Gasteiger partial charge < -0.3 is 10.5 Å². The van der Waals surface area contributed by atoms with Gasteiger partial charge in [0.2, 0.25) is 0 Å². The first-order chi connectivity index (χ1) is 9.13. The fraction of sp³-hybridized carbons (Fsp3) is 0.143. The molecule has 0 fully saturated rings. The second-order valence-corrected chi connectivity index (χ2v) is 4.28. The third-order valence-corrected chi connectivity index (χ3v) is 2.87. The minimum atomic E-state index is -0.518. The smallest absolute Gasteiger partial charge is 0.359 e.